The summed E-state index contributed by atoms with van der Waals surface area (Å²) < 4.78 is 7.15. The monoisotopic (exact) mass is 279 g/mol. The standard InChI is InChI=1S/C14H18ClN3O/c1-4-12-13(9-18(2)17-12)16-8-10-7-11(15)5-6-14(10)19-3/h5-7,9,16H,4,8H2,1-3H3. The lowest BCUT2D eigenvalue weighted by molar-refractivity contribution is 0.410. The zero-order valence-corrected chi connectivity index (χ0v) is 12.2. The van der Waals surface area contributed by atoms with Crippen LogP contribution in [0.3, 0.4) is 0 Å². The van der Waals surface area contributed by atoms with Crippen LogP contribution < -0.4 is 10.1 Å². The molecular weight excluding hydrogens is 262 g/mol. The Bertz CT molecular complexity index is 566. The van der Waals surface area contributed by atoms with Gasteiger partial charge in [-0.15, -0.1) is 0 Å². The molecule has 0 unspecified atom stereocenters. The number of hydrogen-bond acceptors (Lipinski definition) is 3. The summed E-state index contributed by atoms with van der Waals surface area (Å²) in [6, 6.07) is 5.62. The normalized spacial score (nSPS) is 10.5. The molecule has 0 bridgehead atoms. The molecule has 0 saturated heterocycles. The summed E-state index contributed by atoms with van der Waals surface area (Å²) in [5.74, 6) is 0.832. The molecule has 5 heteroatoms. The van der Waals surface area contributed by atoms with Crippen LogP contribution in [-0.2, 0) is 20.0 Å². The van der Waals surface area contributed by atoms with Crippen LogP contribution in [0, 0.1) is 0 Å². The van der Waals surface area contributed by atoms with Crippen LogP contribution in [0.4, 0.5) is 5.69 Å². The first-order valence-electron chi connectivity index (χ1n) is 6.22. The average molecular weight is 280 g/mol. The van der Waals surface area contributed by atoms with Gasteiger partial charge in [-0.05, 0) is 24.6 Å². The summed E-state index contributed by atoms with van der Waals surface area (Å²) in [6.07, 6.45) is 2.88. The average Bonchev–Trinajstić information content (AvgIpc) is 2.77. The van der Waals surface area contributed by atoms with Crippen LogP contribution in [0.25, 0.3) is 0 Å². The van der Waals surface area contributed by atoms with E-state index in [2.05, 4.69) is 17.3 Å². The molecule has 0 saturated carbocycles. The predicted molar refractivity (Wildman–Crippen MR) is 77.9 cm³/mol. The Balaban J connectivity index is 2.15. The van der Waals surface area contributed by atoms with Crippen molar-refractivity contribution < 1.29 is 4.74 Å². The first-order chi connectivity index (χ1) is 9.13. The summed E-state index contributed by atoms with van der Waals surface area (Å²) in [5, 5.41) is 8.49. The minimum absolute atomic E-state index is 0.655. The lowest BCUT2D eigenvalue weighted by Crippen LogP contribution is -2.02. The van der Waals surface area contributed by atoms with Crippen molar-refractivity contribution in [1.82, 2.24) is 9.78 Å². The molecule has 102 valence electrons. The zero-order valence-electron chi connectivity index (χ0n) is 11.4. The van der Waals surface area contributed by atoms with Crippen LogP contribution in [0.5, 0.6) is 5.75 Å². The van der Waals surface area contributed by atoms with Crippen molar-refractivity contribution in [2.75, 3.05) is 12.4 Å². The van der Waals surface area contributed by atoms with E-state index in [1.165, 1.54) is 0 Å². The molecule has 0 radical (unpaired) electrons. The first-order valence-corrected chi connectivity index (χ1v) is 6.60. The number of anilines is 1. The summed E-state index contributed by atoms with van der Waals surface area (Å²) >= 11 is 6.02. The van der Waals surface area contributed by atoms with Crippen LogP contribution in [0.2, 0.25) is 5.02 Å². The Morgan fingerprint density at radius 3 is 2.89 bits per heavy atom. The molecule has 4 nitrogen and oxygen atoms in total. The smallest absolute Gasteiger partial charge is 0.123 e. The van der Waals surface area contributed by atoms with Gasteiger partial charge in [-0.3, -0.25) is 4.68 Å². The van der Waals surface area contributed by atoms with Gasteiger partial charge in [0.1, 0.15) is 5.75 Å². The molecule has 0 aliphatic heterocycles. The molecule has 0 aliphatic carbocycles. The highest BCUT2D eigenvalue weighted by Gasteiger charge is 2.08. The quantitative estimate of drug-likeness (QED) is 0.913. The molecule has 1 heterocycles. The number of rotatable bonds is 5. The number of hydrogen-bond donors (Lipinski definition) is 1. The van der Waals surface area contributed by atoms with Gasteiger partial charge < -0.3 is 10.1 Å². The van der Waals surface area contributed by atoms with Gasteiger partial charge in [0.2, 0.25) is 0 Å². The van der Waals surface area contributed by atoms with Gasteiger partial charge in [0.15, 0.2) is 0 Å². The van der Waals surface area contributed by atoms with Crippen molar-refractivity contribution in [3.05, 3.63) is 40.7 Å². The molecule has 1 aromatic heterocycles. The Hall–Kier alpha value is -1.68. The summed E-state index contributed by atoms with van der Waals surface area (Å²) in [6.45, 7) is 2.75. The van der Waals surface area contributed by atoms with Crippen molar-refractivity contribution in [2.45, 2.75) is 19.9 Å². The molecule has 1 N–H and O–H groups in total. The highest BCUT2D eigenvalue weighted by atomic mass is 35.5. The molecule has 19 heavy (non-hydrogen) atoms. The molecular formula is C14H18ClN3O. The fourth-order valence-electron chi connectivity index (χ4n) is 2.02. The first kappa shape index (κ1) is 13.7. The van der Waals surface area contributed by atoms with E-state index in [0.29, 0.717) is 11.6 Å². The number of aryl methyl sites for hydroxylation is 2. The minimum atomic E-state index is 0.655. The van der Waals surface area contributed by atoms with Crippen molar-refractivity contribution >= 4 is 17.3 Å². The van der Waals surface area contributed by atoms with Crippen LogP contribution in [0.15, 0.2) is 24.4 Å². The van der Waals surface area contributed by atoms with Gasteiger partial charge in [-0.2, -0.15) is 5.10 Å². The second kappa shape index (κ2) is 5.97. The maximum absolute atomic E-state index is 6.02. The lowest BCUT2D eigenvalue weighted by atomic mass is 10.2. The largest absolute Gasteiger partial charge is 0.496 e. The third kappa shape index (κ3) is 3.20. The van der Waals surface area contributed by atoms with Gasteiger partial charge >= 0.3 is 0 Å². The van der Waals surface area contributed by atoms with Crippen molar-refractivity contribution in [2.24, 2.45) is 7.05 Å². The van der Waals surface area contributed by atoms with Crippen LogP contribution >= 0.6 is 11.6 Å². The maximum atomic E-state index is 6.02. The molecule has 2 rings (SSSR count). The summed E-state index contributed by atoms with van der Waals surface area (Å²) in [7, 11) is 3.58. The highest BCUT2D eigenvalue weighted by molar-refractivity contribution is 6.30. The van der Waals surface area contributed by atoms with E-state index in [0.717, 1.165) is 29.1 Å². The Morgan fingerprint density at radius 2 is 2.21 bits per heavy atom. The number of nitrogens with zero attached hydrogens (tertiary/aromatic N) is 2. The number of nitrogens with one attached hydrogen (secondary N) is 1. The van der Waals surface area contributed by atoms with E-state index in [4.69, 9.17) is 16.3 Å². The summed E-state index contributed by atoms with van der Waals surface area (Å²) in [5.41, 5.74) is 3.14. The maximum Gasteiger partial charge on any atom is 0.123 e. The number of methoxy groups -OCH3 is 1. The van der Waals surface area contributed by atoms with Gasteiger partial charge in [-0.1, -0.05) is 18.5 Å². The SMILES string of the molecule is CCc1nn(C)cc1NCc1cc(Cl)ccc1OC. The molecule has 0 atom stereocenters. The Morgan fingerprint density at radius 1 is 1.42 bits per heavy atom. The number of benzene rings is 1. The summed E-state index contributed by atoms with van der Waals surface area (Å²) in [4.78, 5) is 0. The van der Waals surface area contributed by atoms with E-state index in [1.54, 1.807) is 7.11 Å². The lowest BCUT2D eigenvalue weighted by Gasteiger charge is -2.10. The van der Waals surface area contributed by atoms with Gasteiger partial charge in [-0.25, -0.2) is 0 Å². The van der Waals surface area contributed by atoms with Crippen LogP contribution in [-0.4, -0.2) is 16.9 Å². The third-order valence-corrected chi connectivity index (χ3v) is 3.19. The number of aromatic nitrogens is 2. The van der Waals surface area contributed by atoms with E-state index in [-0.39, 0.29) is 0 Å². The molecule has 0 aliphatic rings. The van der Waals surface area contributed by atoms with Gasteiger partial charge in [0.25, 0.3) is 0 Å². The molecule has 2 aromatic rings. The minimum Gasteiger partial charge on any atom is -0.496 e. The Labute approximate surface area is 118 Å². The fraction of sp³-hybridized carbons (Fsp3) is 0.357. The Kier molecular flexibility index (Phi) is 4.32. The zero-order chi connectivity index (χ0) is 13.8. The van der Waals surface area contributed by atoms with E-state index in [1.807, 2.05) is 36.1 Å². The molecule has 1 aromatic carbocycles. The number of ether oxygens (including phenoxy) is 1. The molecule has 0 spiro atoms. The fourth-order valence-corrected chi connectivity index (χ4v) is 2.21. The van der Waals surface area contributed by atoms with Gasteiger partial charge in [0.05, 0.1) is 18.5 Å². The predicted octanol–water partition coefficient (Wildman–Crippen LogP) is 3.26. The third-order valence-electron chi connectivity index (χ3n) is 2.95. The van der Waals surface area contributed by atoms with E-state index < -0.39 is 0 Å². The topological polar surface area (TPSA) is 39.1 Å². The second-order valence-corrected chi connectivity index (χ2v) is 4.76. The highest BCUT2D eigenvalue weighted by Crippen LogP contribution is 2.24. The molecule has 0 fully saturated rings. The van der Waals surface area contributed by atoms with E-state index >= 15 is 0 Å². The van der Waals surface area contributed by atoms with Crippen molar-refractivity contribution in [3.63, 3.8) is 0 Å². The number of halogens is 1. The second-order valence-electron chi connectivity index (χ2n) is 4.33. The van der Waals surface area contributed by atoms with Crippen LogP contribution in [0.1, 0.15) is 18.2 Å². The van der Waals surface area contributed by atoms with E-state index in [9.17, 15) is 0 Å². The van der Waals surface area contributed by atoms with Crippen molar-refractivity contribution in [3.8, 4) is 5.75 Å². The van der Waals surface area contributed by atoms with Crippen molar-refractivity contribution in [1.29, 1.82) is 0 Å². The van der Waals surface area contributed by atoms with Gasteiger partial charge in [0, 0.05) is 30.4 Å². The molecule has 0 amide bonds.